The highest BCUT2D eigenvalue weighted by molar-refractivity contribution is 7.89. The van der Waals surface area contributed by atoms with Crippen LogP contribution in [0.3, 0.4) is 0 Å². The minimum Gasteiger partial charge on any atom is -0.326 e. The lowest BCUT2D eigenvalue weighted by Crippen LogP contribution is -2.41. The molecule has 0 unspecified atom stereocenters. The van der Waals surface area contributed by atoms with Gasteiger partial charge < -0.3 is 5.32 Å². The number of hydrogen-bond acceptors (Lipinski definition) is 3. The van der Waals surface area contributed by atoms with Crippen molar-refractivity contribution in [3.05, 3.63) is 58.1 Å². The molecule has 2 aromatic carbocycles. The molecule has 29 heavy (non-hydrogen) atoms. The summed E-state index contributed by atoms with van der Waals surface area (Å²) in [5.41, 5.74) is 5.55. The van der Waals surface area contributed by atoms with Crippen molar-refractivity contribution >= 4 is 21.6 Å². The molecule has 0 aromatic heterocycles. The predicted molar refractivity (Wildman–Crippen MR) is 117 cm³/mol. The monoisotopic (exact) mass is 414 g/mol. The van der Waals surface area contributed by atoms with Crippen molar-refractivity contribution in [1.82, 2.24) is 4.31 Å². The molecule has 3 rings (SSSR count). The van der Waals surface area contributed by atoms with E-state index in [-0.39, 0.29) is 11.8 Å². The summed E-state index contributed by atoms with van der Waals surface area (Å²) in [5, 5.41) is 3.02. The van der Waals surface area contributed by atoms with Crippen LogP contribution >= 0.6 is 0 Å². The molecule has 0 bridgehead atoms. The topological polar surface area (TPSA) is 66.5 Å². The minimum atomic E-state index is -3.56. The van der Waals surface area contributed by atoms with Gasteiger partial charge in [-0.25, -0.2) is 8.42 Å². The third-order valence-corrected chi connectivity index (χ3v) is 7.88. The van der Waals surface area contributed by atoms with Gasteiger partial charge in [0.1, 0.15) is 0 Å². The Hall–Kier alpha value is -2.18. The Morgan fingerprint density at radius 1 is 0.897 bits per heavy atom. The van der Waals surface area contributed by atoms with Crippen LogP contribution in [-0.4, -0.2) is 31.7 Å². The van der Waals surface area contributed by atoms with E-state index in [1.165, 1.54) is 4.31 Å². The number of nitrogens with zero attached hydrogens (tertiary/aromatic N) is 1. The maximum Gasteiger partial charge on any atom is 0.243 e. The fourth-order valence-electron chi connectivity index (χ4n) is 4.17. The summed E-state index contributed by atoms with van der Waals surface area (Å²) in [6, 6.07) is 9.79. The fraction of sp³-hybridized carbons (Fsp3) is 0.435. The zero-order valence-electron chi connectivity index (χ0n) is 17.9. The van der Waals surface area contributed by atoms with Gasteiger partial charge in [-0.3, -0.25) is 4.79 Å². The average molecular weight is 415 g/mol. The van der Waals surface area contributed by atoms with Crippen LogP contribution in [0, 0.1) is 40.5 Å². The summed E-state index contributed by atoms with van der Waals surface area (Å²) >= 11 is 0. The molecule has 0 aliphatic carbocycles. The smallest absolute Gasteiger partial charge is 0.243 e. The molecule has 1 fully saturated rings. The second kappa shape index (κ2) is 8.28. The van der Waals surface area contributed by atoms with Crippen LogP contribution in [0.4, 0.5) is 5.69 Å². The molecule has 1 heterocycles. The SMILES string of the molecule is Cc1cc(C)c(S(=O)(=O)N2CCC(C(=O)Nc3cc(C)ccc3C)CC2)c(C)c1. The molecule has 5 nitrogen and oxygen atoms in total. The van der Waals surface area contributed by atoms with Crippen LogP contribution in [0.2, 0.25) is 0 Å². The maximum absolute atomic E-state index is 13.2. The molecule has 2 aromatic rings. The summed E-state index contributed by atoms with van der Waals surface area (Å²) in [7, 11) is -3.56. The largest absolute Gasteiger partial charge is 0.326 e. The van der Waals surface area contributed by atoms with E-state index in [0.717, 1.165) is 33.5 Å². The zero-order valence-corrected chi connectivity index (χ0v) is 18.7. The Balaban J connectivity index is 1.70. The van der Waals surface area contributed by atoms with Crippen molar-refractivity contribution in [2.45, 2.75) is 52.4 Å². The summed E-state index contributed by atoms with van der Waals surface area (Å²) in [6.07, 6.45) is 1.06. The van der Waals surface area contributed by atoms with Crippen LogP contribution < -0.4 is 5.32 Å². The number of sulfonamides is 1. The molecule has 156 valence electrons. The Morgan fingerprint density at radius 2 is 1.48 bits per heavy atom. The number of nitrogens with one attached hydrogen (secondary N) is 1. The number of amides is 1. The zero-order chi connectivity index (χ0) is 21.3. The van der Waals surface area contributed by atoms with E-state index in [1.807, 2.05) is 65.0 Å². The highest BCUT2D eigenvalue weighted by Crippen LogP contribution is 2.29. The van der Waals surface area contributed by atoms with Gasteiger partial charge in [0, 0.05) is 24.7 Å². The quantitative estimate of drug-likeness (QED) is 0.812. The van der Waals surface area contributed by atoms with E-state index >= 15 is 0 Å². The third-order valence-electron chi connectivity index (χ3n) is 5.68. The summed E-state index contributed by atoms with van der Waals surface area (Å²) < 4.78 is 28.0. The van der Waals surface area contributed by atoms with Gasteiger partial charge in [-0.05, 0) is 75.8 Å². The van der Waals surface area contributed by atoms with Gasteiger partial charge in [0.15, 0.2) is 0 Å². The first-order chi connectivity index (χ1) is 13.6. The second-order valence-corrected chi connectivity index (χ2v) is 10.1. The molecule has 0 saturated carbocycles. The van der Waals surface area contributed by atoms with Crippen molar-refractivity contribution in [2.24, 2.45) is 5.92 Å². The number of carbonyl (C=O) groups excluding carboxylic acids is 1. The van der Waals surface area contributed by atoms with Crippen LogP contribution in [0.15, 0.2) is 35.2 Å². The number of aryl methyl sites for hydroxylation is 5. The predicted octanol–water partition coefficient (Wildman–Crippen LogP) is 4.27. The van der Waals surface area contributed by atoms with E-state index in [2.05, 4.69) is 5.32 Å². The first-order valence-electron chi connectivity index (χ1n) is 10.1. The van der Waals surface area contributed by atoms with E-state index in [0.29, 0.717) is 30.8 Å². The molecule has 0 atom stereocenters. The molecule has 0 spiro atoms. The Labute approximate surface area is 174 Å². The molecule has 6 heteroatoms. The van der Waals surface area contributed by atoms with Gasteiger partial charge in [0.25, 0.3) is 0 Å². The molecule has 1 aliphatic rings. The number of rotatable bonds is 4. The molecule has 1 saturated heterocycles. The van der Waals surface area contributed by atoms with Crippen molar-refractivity contribution < 1.29 is 13.2 Å². The first-order valence-corrected chi connectivity index (χ1v) is 11.5. The van der Waals surface area contributed by atoms with Gasteiger partial charge in [-0.1, -0.05) is 29.8 Å². The van der Waals surface area contributed by atoms with E-state index in [1.54, 1.807) is 0 Å². The Bertz CT molecular complexity index is 1010. The van der Waals surface area contributed by atoms with Crippen molar-refractivity contribution in [3.8, 4) is 0 Å². The molecule has 1 aliphatic heterocycles. The fourth-order valence-corrected chi connectivity index (χ4v) is 6.05. The second-order valence-electron chi connectivity index (χ2n) is 8.21. The highest BCUT2D eigenvalue weighted by Gasteiger charge is 2.33. The normalized spacial score (nSPS) is 16.0. The summed E-state index contributed by atoms with van der Waals surface area (Å²) in [6.45, 7) is 10.3. The molecular weight excluding hydrogens is 384 g/mol. The lowest BCUT2D eigenvalue weighted by atomic mass is 9.97. The van der Waals surface area contributed by atoms with E-state index in [4.69, 9.17) is 0 Å². The summed E-state index contributed by atoms with van der Waals surface area (Å²) in [5.74, 6) is -0.208. The lowest BCUT2D eigenvalue weighted by Gasteiger charge is -2.31. The van der Waals surface area contributed by atoms with Gasteiger partial charge >= 0.3 is 0 Å². The van der Waals surface area contributed by atoms with Crippen LogP contribution in [0.5, 0.6) is 0 Å². The van der Waals surface area contributed by atoms with Crippen LogP contribution in [0.1, 0.15) is 40.7 Å². The van der Waals surface area contributed by atoms with Crippen molar-refractivity contribution in [1.29, 1.82) is 0 Å². The van der Waals surface area contributed by atoms with Crippen molar-refractivity contribution in [3.63, 3.8) is 0 Å². The number of anilines is 1. The van der Waals surface area contributed by atoms with E-state index < -0.39 is 10.0 Å². The van der Waals surface area contributed by atoms with Crippen molar-refractivity contribution in [2.75, 3.05) is 18.4 Å². The van der Waals surface area contributed by atoms with Gasteiger partial charge in [0.05, 0.1) is 4.90 Å². The van der Waals surface area contributed by atoms with Crippen LogP contribution in [-0.2, 0) is 14.8 Å². The Kier molecular flexibility index (Phi) is 6.15. The standard InChI is InChI=1S/C23H30N2O3S/c1-15-6-7-17(3)21(14-15)24-23(26)20-8-10-25(11-9-20)29(27,28)22-18(4)12-16(2)13-19(22)5/h6-7,12-14,20H,8-11H2,1-5H3,(H,24,26). The third kappa shape index (κ3) is 4.54. The maximum atomic E-state index is 13.2. The molecule has 1 N–H and O–H groups in total. The van der Waals surface area contributed by atoms with Gasteiger partial charge in [-0.15, -0.1) is 0 Å². The number of carbonyl (C=O) groups is 1. The number of hydrogen-bond donors (Lipinski definition) is 1. The lowest BCUT2D eigenvalue weighted by molar-refractivity contribution is -0.120. The summed E-state index contributed by atoms with van der Waals surface area (Å²) in [4.78, 5) is 13.1. The highest BCUT2D eigenvalue weighted by atomic mass is 32.2. The first kappa shape index (κ1) is 21.5. The average Bonchev–Trinajstić information content (AvgIpc) is 2.63. The molecule has 1 amide bonds. The van der Waals surface area contributed by atoms with E-state index in [9.17, 15) is 13.2 Å². The van der Waals surface area contributed by atoms with Crippen LogP contribution in [0.25, 0.3) is 0 Å². The van der Waals surface area contributed by atoms with Gasteiger partial charge in [0.2, 0.25) is 15.9 Å². The number of benzene rings is 2. The molecule has 0 radical (unpaired) electrons. The minimum absolute atomic E-state index is 0.0292. The number of piperidine rings is 1. The molecular formula is C23H30N2O3S. The Morgan fingerprint density at radius 3 is 2.07 bits per heavy atom. The van der Waals surface area contributed by atoms with Gasteiger partial charge in [-0.2, -0.15) is 4.31 Å².